The second-order valence-electron chi connectivity index (χ2n) is 4.10. The van der Waals surface area contributed by atoms with Gasteiger partial charge in [-0.15, -0.1) is 11.3 Å². The van der Waals surface area contributed by atoms with Crippen LogP contribution in [-0.2, 0) is 9.53 Å². The highest BCUT2D eigenvalue weighted by Gasteiger charge is 2.07. The Morgan fingerprint density at radius 1 is 1.40 bits per heavy atom. The topological polar surface area (TPSA) is 75.6 Å². The van der Waals surface area contributed by atoms with Crippen molar-refractivity contribution in [2.24, 2.45) is 0 Å². The molecule has 0 aliphatic heterocycles. The molecule has 1 rings (SSSR count). The summed E-state index contributed by atoms with van der Waals surface area (Å²) in [6.07, 6.45) is 4.64. The molecule has 2 N–H and O–H groups in total. The molecule has 0 aliphatic rings. The molecular weight excluding hydrogens is 278 g/mol. The van der Waals surface area contributed by atoms with E-state index in [1.165, 1.54) is 17.4 Å². The van der Waals surface area contributed by atoms with Crippen LogP contribution < -0.4 is 5.32 Å². The first-order valence-electron chi connectivity index (χ1n) is 6.50. The van der Waals surface area contributed by atoms with Gasteiger partial charge >= 0.3 is 5.97 Å². The second kappa shape index (κ2) is 9.28. The summed E-state index contributed by atoms with van der Waals surface area (Å²) in [6.45, 7) is 3.79. The van der Waals surface area contributed by atoms with Gasteiger partial charge in [0.25, 0.3) is 5.91 Å². The predicted molar refractivity (Wildman–Crippen MR) is 79.0 cm³/mol. The van der Waals surface area contributed by atoms with Crippen LogP contribution in [0.2, 0.25) is 0 Å². The minimum atomic E-state index is -1.01. The molecule has 1 heterocycles. The van der Waals surface area contributed by atoms with Gasteiger partial charge in [0.15, 0.2) is 0 Å². The minimum absolute atomic E-state index is 0.163. The molecule has 0 saturated heterocycles. The molecule has 0 aliphatic carbocycles. The minimum Gasteiger partial charge on any atom is -0.478 e. The van der Waals surface area contributed by atoms with Crippen molar-refractivity contribution in [1.82, 2.24) is 5.32 Å². The second-order valence-corrected chi connectivity index (χ2v) is 5.21. The number of carboxylic acid groups (broad SMARTS) is 1. The van der Waals surface area contributed by atoms with Crippen LogP contribution in [0.3, 0.4) is 0 Å². The van der Waals surface area contributed by atoms with Crippen molar-refractivity contribution in [2.45, 2.75) is 19.8 Å². The molecule has 110 valence electrons. The van der Waals surface area contributed by atoms with Crippen molar-refractivity contribution < 1.29 is 19.4 Å². The predicted octanol–water partition coefficient (Wildman–Crippen LogP) is 2.39. The number of carbonyl (C=O) groups excluding carboxylic acids is 1. The normalized spacial score (nSPS) is 10.8. The highest BCUT2D eigenvalue weighted by atomic mass is 32.1. The molecule has 20 heavy (non-hydrogen) atoms. The Hall–Kier alpha value is -1.66. The molecule has 0 fully saturated rings. The Balaban J connectivity index is 2.31. The van der Waals surface area contributed by atoms with Crippen LogP contribution in [0.5, 0.6) is 0 Å². The summed E-state index contributed by atoms with van der Waals surface area (Å²) in [5.41, 5.74) is 0. The lowest BCUT2D eigenvalue weighted by Crippen LogP contribution is -2.26. The van der Waals surface area contributed by atoms with Gasteiger partial charge in [-0.2, -0.15) is 0 Å². The van der Waals surface area contributed by atoms with E-state index in [9.17, 15) is 9.59 Å². The molecule has 1 amide bonds. The lowest BCUT2D eigenvalue weighted by molar-refractivity contribution is -0.131. The summed E-state index contributed by atoms with van der Waals surface area (Å²) in [5.74, 6) is -1.17. The largest absolute Gasteiger partial charge is 0.478 e. The quantitative estimate of drug-likeness (QED) is 0.542. The number of hydrogen-bond acceptors (Lipinski definition) is 4. The number of amides is 1. The molecule has 0 saturated carbocycles. The van der Waals surface area contributed by atoms with Gasteiger partial charge in [-0.25, -0.2) is 4.79 Å². The number of nitrogens with one attached hydrogen (secondary N) is 1. The van der Waals surface area contributed by atoms with Crippen molar-refractivity contribution in [3.63, 3.8) is 0 Å². The fourth-order valence-corrected chi connectivity index (χ4v) is 2.22. The third-order valence-corrected chi connectivity index (χ3v) is 3.46. The van der Waals surface area contributed by atoms with E-state index in [0.717, 1.165) is 30.4 Å². The average Bonchev–Trinajstić information content (AvgIpc) is 2.89. The number of hydrogen-bond donors (Lipinski definition) is 2. The summed E-state index contributed by atoms with van der Waals surface area (Å²) >= 11 is 1.25. The Kier molecular flexibility index (Phi) is 7.60. The van der Waals surface area contributed by atoms with Gasteiger partial charge in [0.1, 0.15) is 0 Å². The van der Waals surface area contributed by atoms with Crippen LogP contribution in [0.4, 0.5) is 0 Å². The van der Waals surface area contributed by atoms with E-state index in [0.29, 0.717) is 18.0 Å². The first kappa shape index (κ1) is 16.4. The van der Waals surface area contributed by atoms with Gasteiger partial charge < -0.3 is 15.2 Å². The number of thiophene rings is 1. The van der Waals surface area contributed by atoms with Gasteiger partial charge in [0.05, 0.1) is 11.5 Å². The maximum Gasteiger partial charge on any atom is 0.328 e. The number of carboxylic acids is 1. The summed E-state index contributed by atoms with van der Waals surface area (Å²) in [4.78, 5) is 23.5. The number of ether oxygens (including phenoxy) is 1. The Labute approximate surface area is 122 Å². The summed E-state index contributed by atoms with van der Waals surface area (Å²) < 4.78 is 5.34. The smallest absolute Gasteiger partial charge is 0.328 e. The molecule has 0 spiro atoms. The zero-order valence-corrected chi connectivity index (χ0v) is 12.2. The number of aliphatic carboxylic acids is 1. The van der Waals surface area contributed by atoms with Gasteiger partial charge in [-0.3, -0.25) is 4.79 Å². The Morgan fingerprint density at radius 2 is 2.20 bits per heavy atom. The van der Waals surface area contributed by atoms with E-state index in [-0.39, 0.29) is 5.91 Å². The van der Waals surface area contributed by atoms with Crippen LogP contribution in [0.15, 0.2) is 18.2 Å². The van der Waals surface area contributed by atoms with Crippen molar-refractivity contribution in [1.29, 1.82) is 0 Å². The summed E-state index contributed by atoms with van der Waals surface area (Å²) in [6, 6.07) is 3.40. The van der Waals surface area contributed by atoms with Crippen molar-refractivity contribution in [3.8, 4) is 0 Å². The van der Waals surface area contributed by atoms with Gasteiger partial charge in [0, 0.05) is 24.1 Å². The van der Waals surface area contributed by atoms with Crippen molar-refractivity contribution in [3.05, 3.63) is 28.0 Å². The number of rotatable bonds is 9. The fourth-order valence-electron chi connectivity index (χ4n) is 1.39. The van der Waals surface area contributed by atoms with Crippen molar-refractivity contribution in [2.75, 3.05) is 19.8 Å². The first-order chi connectivity index (χ1) is 9.63. The maximum absolute atomic E-state index is 11.8. The molecule has 6 heteroatoms. The Bertz CT molecular complexity index is 467. The fraction of sp³-hybridized carbons (Fsp3) is 0.429. The van der Waals surface area contributed by atoms with E-state index < -0.39 is 5.97 Å². The third kappa shape index (κ3) is 6.49. The standard InChI is InChI=1S/C14H19NO4S/c1-2-3-9-19-10-8-15-14(18)12-6-4-11(20-12)5-7-13(16)17/h4-7H,2-3,8-10H2,1H3,(H,15,18)(H,16,17). The number of carbonyl (C=O) groups is 2. The van der Waals surface area contributed by atoms with E-state index in [4.69, 9.17) is 9.84 Å². The molecule has 5 nitrogen and oxygen atoms in total. The molecule has 1 aromatic rings. The monoisotopic (exact) mass is 297 g/mol. The molecule has 0 bridgehead atoms. The molecule has 1 aromatic heterocycles. The zero-order chi connectivity index (χ0) is 14.8. The molecular formula is C14H19NO4S. The Morgan fingerprint density at radius 3 is 2.90 bits per heavy atom. The highest BCUT2D eigenvalue weighted by Crippen LogP contribution is 2.17. The van der Waals surface area contributed by atoms with Crippen LogP contribution in [0, 0.1) is 0 Å². The highest BCUT2D eigenvalue weighted by molar-refractivity contribution is 7.14. The maximum atomic E-state index is 11.8. The van der Waals surface area contributed by atoms with E-state index >= 15 is 0 Å². The van der Waals surface area contributed by atoms with Crippen LogP contribution in [0.25, 0.3) is 6.08 Å². The van der Waals surface area contributed by atoms with Crippen molar-refractivity contribution >= 4 is 29.3 Å². The molecule has 0 aromatic carbocycles. The SMILES string of the molecule is CCCCOCCNC(=O)c1ccc(C=CC(=O)O)s1. The van der Waals surface area contributed by atoms with E-state index in [1.807, 2.05) is 0 Å². The lowest BCUT2D eigenvalue weighted by Gasteiger charge is -2.04. The molecule has 0 atom stereocenters. The number of unbranched alkanes of at least 4 members (excludes halogenated alkanes) is 1. The van der Waals surface area contributed by atoms with Crippen LogP contribution in [-0.4, -0.2) is 36.7 Å². The average molecular weight is 297 g/mol. The van der Waals surface area contributed by atoms with E-state index in [2.05, 4.69) is 12.2 Å². The van der Waals surface area contributed by atoms with E-state index in [1.54, 1.807) is 12.1 Å². The molecule has 0 unspecified atom stereocenters. The van der Waals surface area contributed by atoms with Crippen LogP contribution in [0.1, 0.15) is 34.3 Å². The van der Waals surface area contributed by atoms with Gasteiger partial charge in [-0.05, 0) is 24.6 Å². The summed E-state index contributed by atoms with van der Waals surface area (Å²) in [5, 5.41) is 11.3. The summed E-state index contributed by atoms with van der Waals surface area (Å²) in [7, 11) is 0. The lowest BCUT2D eigenvalue weighted by atomic mass is 10.3. The first-order valence-corrected chi connectivity index (χ1v) is 7.32. The van der Waals surface area contributed by atoms with Gasteiger partial charge in [0.2, 0.25) is 0 Å². The van der Waals surface area contributed by atoms with Gasteiger partial charge in [-0.1, -0.05) is 13.3 Å². The molecule has 0 radical (unpaired) electrons. The van der Waals surface area contributed by atoms with Crippen LogP contribution >= 0.6 is 11.3 Å². The zero-order valence-electron chi connectivity index (χ0n) is 11.4. The third-order valence-electron chi connectivity index (χ3n) is 2.41.